The Morgan fingerprint density at radius 2 is 1.75 bits per heavy atom. The number of aliphatic hydroxyl groups excluding tert-OH is 1. The number of ether oxygens (including phenoxy) is 2. The van der Waals surface area contributed by atoms with Crippen LogP contribution in [0.25, 0.3) is 0 Å². The second kappa shape index (κ2) is 10.2. The fourth-order valence-corrected chi connectivity index (χ4v) is 1.48. The summed E-state index contributed by atoms with van der Waals surface area (Å²) in [7, 11) is 0. The van der Waals surface area contributed by atoms with E-state index in [1.165, 1.54) is 6.92 Å². The Morgan fingerprint density at radius 1 is 1.10 bits per heavy atom. The first-order chi connectivity index (χ1) is 9.38. The highest BCUT2D eigenvalue weighted by atomic mass is 16.6. The molecule has 0 aliphatic carbocycles. The minimum absolute atomic E-state index is 0.0947. The van der Waals surface area contributed by atoms with Gasteiger partial charge in [0.1, 0.15) is 12.2 Å². The Labute approximate surface area is 117 Å². The smallest absolute Gasteiger partial charge is 0.309 e. The number of aliphatic hydroxyl groups is 1. The van der Waals surface area contributed by atoms with Crippen LogP contribution in [0, 0.1) is 0 Å². The number of carbonyl (C=O) groups excluding carboxylic acids is 2. The van der Waals surface area contributed by atoms with Gasteiger partial charge in [-0.05, 0) is 19.8 Å². The molecule has 20 heavy (non-hydrogen) atoms. The van der Waals surface area contributed by atoms with E-state index in [-0.39, 0.29) is 25.9 Å². The minimum atomic E-state index is -1.05. The third kappa shape index (κ3) is 9.32. The van der Waals surface area contributed by atoms with E-state index in [9.17, 15) is 14.4 Å². The lowest BCUT2D eigenvalue weighted by Crippen LogP contribution is -2.25. The molecule has 0 bridgehead atoms. The van der Waals surface area contributed by atoms with E-state index in [0.29, 0.717) is 12.8 Å². The van der Waals surface area contributed by atoms with Crippen LogP contribution in [0.1, 0.15) is 46.0 Å². The molecule has 0 fully saturated rings. The highest BCUT2D eigenvalue weighted by Crippen LogP contribution is 2.09. The van der Waals surface area contributed by atoms with Crippen molar-refractivity contribution in [3.63, 3.8) is 0 Å². The van der Waals surface area contributed by atoms with Crippen molar-refractivity contribution in [3.05, 3.63) is 0 Å². The van der Waals surface area contributed by atoms with E-state index in [4.69, 9.17) is 19.7 Å². The molecular formula is C13H22O7. The number of aliphatic carboxylic acids is 1. The van der Waals surface area contributed by atoms with Gasteiger partial charge in [-0.3, -0.25) is 14.4 Å². The third-order valence-electron chi connectivity index (χ3n) is 2.48. The Morgan fingerprint density at radius 3 is 2.25 bits per heavy atom. The van der Waals surface area contributed by atoms with Gasteiger partial charge < -0.3 is 19.7 Å². The van der Waals surface area contributed by atoms with Gasteiger partial charge in [-0.2, -0.15) is 0 Å². The fourth-order valence-electron chi connectivity index (χ4n) is 1.48. The number of carboxylic acid groups (broad SMARTS) is 1. The SMILES string of the molecule is CCC(CC(=O)OC(C)CC(=O)O)OC(=O)CCCO. The molecule has 7 heteroatoms. The molecule has 0 heterocycles. The van der Waals surface area contributed by atoms with Crippen LogP contribution >= 0.6 is 0 Å². The monoisotopic (exact) mass is 290 g/mol. The molecule has 0 aromatic heterocycles. The topological polar surface area (TPSA) is 110 Å². The zero-order valence-corrected chi connectivity index (χ0v) is 11.8. The Kier molecular flexibility index (Phi) is 9.36. The third-order valence-corrected chi connectivity index (χ3v) is 2.48. The Bertz CT molecular complexity index is 327. The molecule has 2 unspecified atom stereocenters. The summed E-state index contributed by atoms with van der Waals surface area (Å²) < 4.78 is 9.97. The van der Waals surface area contributed by atoms with Gasteiger partial charge in [-0.25, -0.2) is 0 Å². The van der Waals surface area contributed by atoms with Gasteiger partial charge in [0.15, 0.2) is 0 Å². The predicted molar refractivity (Wildman–Crippen MR) is 68.9 cm³/mol. The Hall–Kier alpha value is -1.63. The molecule has 0 aromatic carbocycles. The van der Waals surface area contributed by atoms with Crippen molar-refractivity contribution in [2.24, 2.45) is 0 Å². The van der Waals surface area contributed by atoms with Crippen LogP contribution in [-0.2, 0) is 23.9 Å². The van der Waals surface area contributed by atoms with E-state index in [2.05, 4.69) is 0 Å². The number of carboxylic acids is 1. The summed E-state index contributed by atoms with van der Waals surface area (Å²) in [5.74, 6) is -2.12. The summed E-state index contributed by atoms with van der Waals surface area (Å²) in [6.07, 6.45) is -0.821. The van der Waals surface area contributed by atoms with Crippen LogP contribution in [0.5, 0.6) is 0 Å². The molecule has 0 aliphatic heterocycles. The first-order valence-corrected chi connectivity index (χ1v) is 6.60. The number of carbonyl (C=O) groups is 3. The van der Waals surface area contributed by atoms with Crippen molar-refractivity contribution in [1.82, 2.24) is 0 Å². The van der Waals surface area contributed by atoms with Gasteiger partial charge in [0, 0.05) is 13.0 Å². The van der Waals surface area contributed by atoms with E-state index >= 15 is 0 Å². The molecule has 0 saturated carbocycles. The van der Waals surface area contributed by atoms with Crippen molar-refractivity contribution >= 4 is 17.9 Å². The van der Waals surface area contributed by atoms with Gasteiger partial charge in [-0.1, -0.05) is 6.92 Å². The average Bonchev–Trinajstić information content (AvgIpc) is 2.34. The molecule has 7 nitrogen and oxygen atoms in total. The summed E-state index contributed by atoms with van der Waals surface area (Å²) in [4.78, 5) is 33.3. The van der Waals surface area contributed by atoms with Crippen LogP contribution in [0.4, 0.5) is 0 Å². The lowest BCUT2D eigenvalue weighted by molar-refractivity contribution is -0.158. The molecule has 0 radical (unpaired) electrons. The number of rotatable bonds is 10. The largest absolute Gasteiger partial charge is 0.481 e. The van der Waals surface area contributed by atoms with Crippen molar-refractivity contribution in [3.8, 4) is 0 Å². The first kappa shape index (κ1) is 18.4. The van der Waals surface area contributed by atoms with Crippen molar-refractivity contribution in [2.45, 2.75) is 58.2 Å². The van der Waals surface area contributed by atoms with E-state index in [1.807, 2.05) is 0 Å². The summed E-state index contributed by atoms with van der Waals surface area (Å²) in [6, 6.07) is 0. The highest BCUT2D eigenvalue weighted by Gasteiger charge is 2.20. The zero-order chi connectivity index (χ0) is 15.5. The summed E-state index contributed by atoms with van der Waals surface area (Å²) in [6.45, 7) is 3.15. The van der Waals surface area contributed by atoms with Crippen molar-refractivity contribution < 1.29 is 34.1 Å². The second-order valence-corrected chi connectivity index (χ2v) is 4.45. The maximum absolute atomic E-state index is 11.6. The van der Waals surface area contributed by atoms with Crippen LogP contribution in [0.15, 0.2) is 0 Å². The second-order valence-electron chi connectivity index (χ2n) is 4.45. The highest BCUT2D eigenvalue weighted by molar-refractivity contribution is 5.73. The Balaban J connectivity index is 4.11. The summed E-state index contributed by atoms with van der Waals surface area (Å²) >= 11 is 0. The van der Waals surface area contributed by atoms with Gasteiger partial charge in [0.05, 0.1) is 12.8 Å². The molecule has 0 spiro atoms. The number of esters is 2. The maximum atomic E-state index is 11.6. The zero-order valence-electron chi connectivity index (χ0n) is 11.8. The molecule has 0 aliphatic rings. The van der Waals surface area contributed by atoms with Gasteiger partial charge in [0.25, 0.3) is 0 Å². The van der Waals surface area contributed by atoms with Gasteiger partial charge in [0.2, 0.25) is 0 Å². The molecule has 116 valence electrons. The first-order valence-electron chi connectivity index (χ1n) is 6.60. The van der Waals surface area contributed by atoms with Crippen molar-refractivity contribution in [2.75, 3.05) is 6.61 Å². The standard InChI is InChI=1S/C13H22O7/c1-3-10(20-12(17)5-4-6-14)8-13(18)19-9(2)7-11(15)16/h9-10,14H,3-8H2,1-2H3,(H,15,16). The molecule has 2 atom stereocenters. The average molecular weight is 290 g/mol. The summed E-state index contributed by atoms with van der Waals surface area (Å²) in [5.41, 5.74) is 0. The quantitative estimate of drug-likeness (QED) is 0.574. The van der Waals surface area contributed by atoms with Crippen LogP contribution in [0.2, 0.25) is 0 Å². The lowest BCUT2D eigenvalue weighted by Gasteiger charge is -2.17. The van der Waals surface area contributed by atoms with Gasteiger partial charge >= 0.3 is 17.9 Å². The molecular weight excluding hydrogens is 268 g/mol. The van der Waals surface area contributed by atoms with Crippen molar-refractivity contribution in [1.29, 1.82) is 0 Å². The molecule has 0 rings (SSSR count). The fraction of sp³-hybridized carbons (Fsp3) is 0.769. The maximum Gasteiger partial charge on any atom is 0.309 e. The molecule has 0 aromatic rings. The number of hydrogen-bond donors (Lipinski definition) is 2. The molecule has 0 saturated heterocycles. The van der Waals surface area contributed by atoms with E-state index in [1.54, 1.807) is 6.92 Å². The normalized spacial score (nSPS) is 13.3. The predicted octanol–water partition coefficient (Wildman–Crippen LogP) is 0.877. The van der Waals surface area contributed by atoms with Crippen LogP contribution < -0.4 is 0 Å². The molecule has 2 N–H and O–H groups in total. The minimum Gasteiger partial charge on any atom is -0.481 e. The van der Waals surface area contributed by atoms with E-state index in [0.717, 1.165) is 0 Å². The number of hydrogen-bond acceptors (Lipinski definition) is 6. The van der Waals surface area contributed by atoms with Crippen LogP contribution in [-0.4, -0.2) is 46.9 Å². The molecule has 0 amide bonds. The van der Waals surface area contributed by atoms with Crippen LogP contribution in [0.3, 0.4) is 0 Å². The summed E-state index contributed by atoms with van der Waals surface area (Å²) in [5, 5.41) is 17.1. The van der Waals surface area contributed by atoms with E-state index < -0.39 is 30.1 Å². The van der Waals surface area contributed by atoms with Gasteiger partial charge in [-0.15, -0.1) is 0 Å². The lowest BCUT2D eigenvalue weighted by atomic mass is 10.2.